The van der Waals surface area contributed by atoms with Gasteiger partial charge in [-0.1, -0.05) is 54.6 Å². The second kappa shape index (κ2) is 5.98. The zero-order chi connectivity index (χ0) is 14.7. The van der Waals surface area contributed by atoms with E-state index in [9.17, 15) is 5.11 Å². The Morgan fingerprint density at radius 3 is 2.43 bits per heavy atom. The minimum atomic E-state index is 0.268. The maximum atomic E-state index is 9.31. The van der Waals surface area contributed by atoms with Crippen LogP contribution in [0.5, 0.6) is 5.75 Å². The van der Waals surface area contributed by atoms with Crippen LogP contribution in [0.15, 0.2) is 66.7 Å². The Bertz CT molecular complexity index is 729. The molecule has 0 fully saturated rings. The summed E-state index contributed by atoms with van der Waals surface area (Å²) in [6.45, 7) is 2.97. The second-order valence-electron chi connectivity index (χ2n) is 5.34. The van der Waals surface area contributed by atoms with E-state index in [1.54, 1.807) is 12.1 Å². The summed E-state index contributed by atoms with van der Waals surface area (Å²) in [6, 6.07) is 22.5. The van der Waals surface area contributed by atoms with Gasteiger partial charge in [-0.15, -0.1) is 0 Å². The van der Waals surface area contributed by atoms with Crippen LogP contribution in [0.1, 0.15) is 24.1 Å². The summed E-state index contributed by atoms with van der Waals surface area (Å²) in [4.78, 5) is 0. The Labute approximate surface area is 125 Å². The molecule has 21 heavy (non-hydrogen) atoms. The molecule has 3 rings (SSSR count). The maximum absolute atomic E-state index is 9.31. The molecule has 2 nitrogen and oxygen atoms in total. The van der Waals surface area contributed by atoms with Gasteiger partial charge in [0.2, 0.25) is 0 Å². The number of phenols is 1. The zero-order valence-electron chi connectivity index (χ0n) is 12.1. The van der Waals surface area contributed by atoms with Crippen LogP contribution in [0.25, 0.3) is 10.8 Å². The highest BCUT2D eigenvalue weighted by Gasteiger charge is 2.08. The summed E-state index contributed by atoms with van der Waals surface area (Å²) in [5, 5.41) is 15.4. The quantitative estimate of drug-likeness (QED) is 0.741. The molecule has 0 radical (unpaired) electrons. The third kappa shape index (κ3) is 3.06. The molecule has 3 aromatic carbocycles. The van der Waals surface area contributed by atoms with Gasteiger partial charge in [0.25, 0.3) is 0 Å². The zero-order valence-corrected chi connectivity index (χ0v) is 12.1. The highest BCUT2D eigenvalue weighted by Crippen LogP contribution is 2.24. The van der Waals surface area contributed by atoms with E-state index in [1.165, 1.54) is 21.9 Å². The average Bonchev–Trinajstić information content (AvgIpc) is 2.53. The van der Waals surface area contributed by atoms with Crippen molar-refractivity contribution in [2.24, 2.45) is 0 Å². The largest absolute Gasteiger partial charge is 0.508 e. The first-order valence-electron chi connectivity index (χ1n) is 7.23. The smallest absolute Gasteiger partial charge is 0.115 e. The Hall–Kier alpha value is -2.32. The minimum Gasteiger partial charge on any atom is -0.508 e. The van der Waals surface area contributed by atoms with E-state index >= 15 is 0 Å². The lowest BCUT2D eigenvalue weighted by atomic mass is 9.99. The summed E-state index contributed by atoms with van der Waals surface area (Å²) in [7, 11) is 0. The van der Waals surface area contributed by atoms with Crippen molar-refractivity contribution in [2.45, 2.75) is 19.5 Å². The fourth-order valence-corrected chi connectivity index (χ4v) is 2.62. The highest BCUT2D eigenvalue weighted by atomic mass is 16.3. The van der Waals surface area contributed by atoms with Gasteiger partial charge in [0, 0.05) is 12.6 Å². The number of rotatable bonds is 4. The van der Waals surface area contributed by atoms with Crippen molar-refractivity contribution in [3.8, 4) is 5.75 Å². The van der Waals surface area contributed by atoms with Crippen LogP contribution in [-0.2, 0) is 6.54 Å². The lowest BCUT2D eigenvalue weighted by molar-refractivity contribution is 0.474. The van der Waals surface area contributed by atoms with E-state index in [0.717, 1.165) is 6.54 Å². The molecule has 0 aliphatic carbocycles. The van der Waals surface area contributed by atoms with Crippen molar-refractivity contribution in [2.75, 3.05) is 0 Å². The first kappa shape index (κ1) is 13.7. The molecule has 0 bridgehead atoms. The Morgan fingerprint density at radius 1 is 0.905 bits per heavy atom. The molecule has 3 aromatic rings. The molecule has 1 unspecified atom stereocenters. The van der Waals surface area contributed by atoms with Gasteiger partial charge in [-0.3, -0.25) is 0 Å². The first-order valence-corrected chi connectivity index (χ1v) is 7.23. The topological polar surface area (TPSA) is 32.3 Å². The molecule has 1 atom stereocenters. The summed E-state index contributed by atoms with van der Waals surface area (Å²) in [5.74, 6) is 0.306. The van der Waals surface area contributed by atoms with E-state index in [2.05, 4.69) is 54.7 Å². The molecule has 0 aromatic heterocycles. The lowest BCUT2D eigenvalue weighted by Crippen LogP contribution is -2.18. The van der Waals surface area contributed by atoms with Crippen LogP contribution in [0.3, 0.4) is 0 Å². The van der Waals surface area contributed by atoms with Crippen LogP contribution in [0, 0.1) is 0 Å². The predicted octanol–water partition coefficient (Wildman–Crippen LogP) is 4.40. The summed E-state index contributed by atoms with van der Waals surface area (Å²) < 4.78 is 0. The number of nitrogens with one attached hydrogen (secondary N) is 1. The molecular weight excluding hydrogens is 258 g/mol. The van der Waals surface area contributed by atoms with Crippen molar-refractivity contribution in [3.63, 3.8) is 0 Å². The van der Waals surface area contributed by atoms with Crippen molar-refractivity contribution < 1.29 is 5.11 Å². The Morgan fingerprint density at radius 2 is 1.62 bits per heavy atom. The third-order valence-corrected chi connectivity index (χ3v) is 3.84. The van der Waals surface area contributed by atoms with Crippen molar-refractivity contribution in [1.29, 1.82) is 0 Å². The maximum Gasteiger partial charge on any atom is 0.115 e. The van der Waals surface area contributed by atoms with Gasteiger partial charge in [-0.25, -0.2) is 0 Å². The number of fused-ring (bicyclic) bond motifs is 1. The van der Waals surface area contributed by atoms with Gasteiger partial charge in [0.15, 0.2) is 0 Å². The number of aromatic hydroxyl groups is 1. The van der Waals surface area contributed by atoms with Crippen LogP contribution >= 0.6 is 0 Å². The standard InChI is InChI=1S/C19H19NO/c1-14(20-13-15-9-11-17(21)12-10-15)18-8-4-6-16-5-2-3-7-19(16)18/h2-12,14,20-21H,13H2,1H3. The lowest BCUT2D eigenvalue weighted by Gasteiger charge is -2.16. The van der Waals surface area contributed by atoms with E-state index in [-0.39, 0.29) is 6.04 Å². The molecule has 0 heterocycles. The predicted molar refractivity (Wildman–Crippen MR) is 87.3 cm³/mol. The van der Waals surface area contributed by atoms with E-state index in [4.69, 9.17) is 0 Å². The molecule has 2 N–H and O–H groups in total. The molecule has 0 saturated carbocycles. The average molecular weight is 277 g/mol. The van der Waals surface area contributed by atoms with E-state index in [1.807, 2.05) is 12.1 Å². The summed E-state index contributed by atoms with van der Waals surface area (Å²) >= 11 is 0. The Balaban J connectivity index is 1.78. The SMILES string of the molecule is CC(NCc1ccc(O)cc1)c1cccc2ccccc12. The third-order valence-electron chi connectivity index (χ3n) is 3.84. The van der Waals surface area contributed by atoms with Crippen LogP contribution in [0.4, 0.5) is 0 Å². The Kier molecular flexibility index (Phi) is 3.89. The summed E-state index contributed by atoms with van der Waals surface area (Å²) in [5.41, 5.74) is 2.48. The number of benzene rings is 3. The monoisotopic (exact) mass is 277 g/mol. The van der Waals surface area contributed by atoms with Crippen LogP contribution in [-0.4, -0.2) is 5.11 Å². The molecule has 0 saturated heterocycles. The highest BCUT2D eigenvalue weighted by molar-refractivity contribution is 5.86. The van der Waals surface area contributed by atoms with Gasteiger partial charge in [0.05, 0.1) is 0 Å². The van der Waals surface area contributed by atoms with Gasteiger partial charge in [0.1, 0.15) is 5.75 Å². The number of phenolic OH excluding ortho intramolecular Hbond substituents is 1. The van der Waals surface area contributed by atoms with Crippen molar-refractivity contribution >= 4 is 10.8 Å². The molecular formula is C19H19NO. The first-order chi connectivity index (χ1) is 10.2. The van der Waals surface area contributed by atoms with Crippen LogP contribution in [0.2, 0.25) is 0 Å². The molecule has 0 amide bonds. The molecule has 106 valence electrons. The number of hydrogen-bond acceptors (Lipinski definition) is 2. The number of hydrogen-bond donors (Lipinski definition) is 2. The van der Waals surface area contributed by atoms with Crippen molar-refractivity contribution in [3.05, 3.63) is 77.9 Å². The van der Waals surface area contributed by atoms with Gasteiger partial charge >= 0.3 is 0 Å². The van der Waals surface area contributed by atoms with Gasteiger partial charge < -0.3 is 10.4 Å². The summed E-state index contributed by atoms with van der Waals surface area (Å²) in [6.07, 6.45) is 0. The van der Waals surface area contributed by atoms with Gasteiger partial charge in [-0.05, 0) is 41.0 Å². The van der Waals surface area contributed by atoms with E-state index < -0.39 is 0 Å². The molecule has 0 aliphatic heterocycles. The fraction of sp³-hybridized carbons (Fsp3) is 0.158. The normalized spacial score (nSPS) is 12.4. The molecule has 2 heteroatoms. The second-order valence-corrected chi connectivity index (χ2v) is 5.34. The van der Waals surface area contributed by atoms with E-state index in [0.29, 0.717) is 5.75 Å². The van der Waals surface area contributed by atoms with Crippen molar-refractivity contribution in [1.82, 2.24) is 5.32 Å². The van der Waals surface area contributed by atoms with Crippen LogP contribution < -0.4 is 5.32 Å². The molecule has 0 spiro atoms. The fourth-order valence-electron chi connectivity index (χ4n) is 2.62. The minimum absolute atomic E-state index is 0.268. The molecule has 0 aliphatic rings. The van der Waals surface area contributed by atoms with Gasteiger partial charge in [-0.2, -0.15) is 0 Å².